The normalized spacial score (nSPS) is 11.3. The van der Waals surface area contributed by atoms with Crippen molar-refractivity contribution >= 4 is 40.5 Å². The fraction of sp³-hybridized carbons (Fsp3) is 0.267. The number of para-hydroxylation sites is 1. The van der Waals surface area contributed by atoms with Crippen LogP contribution in [0.15, 0.2) is 28.4 Å². The molecule has 1 N–H and O–H groups in total. The Kier molecular flexibility index (Phi) is 6.09. The van der Waals surface area contributed by atoms with Crippen LogP contribution in [0.5, 0.6) is 0 Å². The standard InChI is InChI=1S/C15H12ClF3N2O4S/c1-8-7-26-14(24)21(8)5-12(23)25-6-11(22)20-13-9(15(17,18)19)3-2-4-10(13)16/h2-4,7H,5-6H2,1H3,(H,20,22). The van der Waals surface area contributed by atoms with Gasteiger partial charge in [-0.1, -0.05) is 29.0 Å². The van der Waals surface area contributed by atoms with Crippen molar-refractivity contribution in [1.29, 1.82) is 0 Å². The van der Waals surface area contributed by atoms with Crippen molar-refractivity contribution in [2.75, 3.05) is 11.9 Å². The molecule has 1 amide bonds. The second kappa shape index (κ2) is 7.92. The lowest BCUT2D eigenvalue weighted by molar-refractivity contribution is -0.148. The maximum Gasteiger partial charge on any atom is 0.418 e. The summed E-state index contributed by atoms with van der Waals surface area (Å²) in [5.41, 5.74) is -1.19. The molecule has 6 nitrogen and oxygen atoms in total. The van der Waals surface area contributed by atoms with E-state index in [4.69, 9.17) is 16.3 Å². The van der Waals surface area contributed by atoms with E-state index < -0.39 is 42.5 Å². The van der Waals surface area contributed by atoms with E-state index in [1.54, 1.807) is 12.3 Å². The van der Waals surface area contributed by atoms with E-state index in [1.807, 2.05) is 5.32 Å². The highest BCUT2D eigenvalue weighted by Crippen LogP contribution is 2.38. The Bertz CT molecular complexity index is 892. The molecule has 1 heterocycles. The van der Waals surface area contributed by atoms with Crippen molar-refractivity contribution in [2.45, 2.75) is 19.6 Å². The Morgan fingerprint density at radius 3 is 2.62 bits per heavy atom. The molecule has 0 atom stereocenters. The molecule has 11 heteroatoms. The number of ether oxygens (including phenoxy) is 1. The molecule has 0 saturated heterocycles. The van der Waals surface area contributed by atoms with Gasteiger partial charge in [0, 0.05) is 11.1 Å². The first kappa shape index (κ1) is 20.0. The number of carbonyl (C=O) groups is 2. The first-order valence-corrected chi connectivity index (χ1v) is 8.31. The van der Waals surface area contributed by atoms with Crippen LogP contribution in [0.1, 0.15) is 11.3 Å². The third-order valence-corrected chi connectivity index (χ3v) is 4.41. The number of thiazole rings is 1. The fourth-order valence-corrected chi connectivity index (χ4v) is 2.94. The summed E-state index contributed by atoms with van der Waals surface area (Å²) in [4.78, 5) is 34.6. The zero-order valence-corrected chi connectivity index (χ0v) is 14.8. The van der Waals surface area contributed by atoms with E-state index in [2.05, 4.69) is 0 Å². The predicted molar refractivity (Wildman–Crippen MR) is 89.4 cm³/mol. The van der Waals surface area contributed by atoms with Crippen LogP contribution in [0.3, 0.4) is 0 Å². The Morgan fingerprint density at radius 1 is 1.35 bits per heavy atom. The first-order chi connectivity index (χ1) is 12.1. The van der Waals surface area contributed by atoms with Gasteiger partial charge in [0.2, 0.25) is 0 Å². The van der Waals surface area contributed by atoms with Gasteiger partial charge < -0.3 is 10.1 Å². The molecular weight excluding hydrogens is 397 g/mol. The molecular formula is C15H12ClF3N2O4S. The predicted octanol–water partition coefficient (Wildman–Crippen LogP) is 3.07. The van der Waals surface area contributed by atoms with Crippen molar-refractivity contribution < 1.29 is 27.5 Å². The topological polar surface area (TPSA) is 77.4 Å². The molecule has 0 radical (unpaired) electrons. The van der Waals surface area contributed by atoms with E-state index in [-0.39, 0.29) is 9.90 Å². The van der Waals surface area contributed by atoms with Crippen LogP contribution in [0.4, 0.5) is 18.9 Å². The SMILES string of the molecule is Cc1csc(=O)n1CC(=O)OCC(=O)Nc1c(Cl)cccc1C(F)(F)F. The third-order valence-electron chi connectivity index (χ3n) is 3.21. The second-order valence-corrected chi connectivity index (χ2v) is 6.33. The number of hydrogen-bond donors (Lipinski definition) is 1. The molecule has 0 fully saturated rings. The van der Waals surface area contributed by atoms with Gasteiger partial charge in [-0.05, 0) is 19.1 Å². The van der Waals surface area contributed by atoms with Crippen LogP contribution >= 0.6 is 22.9 Å². The average molecular weight is 409 g/mol. The van der Waals surface area contributed by atoms with Gasteiger partial charge in [0.25, 0.3) is 5.91 Å². The van der Waals surface area contributed by atoms with Crippen LogP contribution in [0, 0.1) is 6.92 Å². The number of hydrogen-bond acceptors (Lipinski definition) is 5. The van der Waals surface area contributed by atoms with Crippen LogP contribution < -0.4 is 10.2 Å². The molecule has 0 aliphatic rings. The average Bonchev–Trinajstić information content (AvgIpc) is 2.85. The molecule has 2 aromatic rings. The summed E-state index contributed by atoms with van der Waals surface area (Å²) in [7, 11) is 0. The van der Waals surface area contributed by atoms with Crippen molar-refractivity contribution in [3.63, 3.8) is 0 Å². The molecule has 26 heavy (non-hydrogen) atoms. The number of rotatable bonds is 5. The lowest BCUT2D eigenvalue weighted by Gasteiger charge is -2.15. The Hall–Kier alpha value is -2.33. The van der Waals surface area contributed by atoms with E-state index in [9.17, 15) is 27.6 Å². The monoisotopic (exact) mass is 408 g/mol. The summed E-state index contributed by atoms with van der Waals surface area (Å²) in [5, 5.41) is 3.24. The number of nitrogens with zero attached hydrogens (tertiary/aromatic N) is 1. The van der Waals surface area contributed by atoms with E-state index >= 15 is 0 Å². The minimum Gasteiger partial charge on any atom is -0.454 e. The zero-order valence-electron chi connectivity index (χ0n) is 13.2. The van der Waals surface area contributed by atoms with Gasteiger partial charge in [0.05, 0.1) is 16.3 Å². The summed E-state index contributed by atoms with van der Waals surface area (Å²) in [6.07, 6.45) is -4.72. The minimum atomic E-state index is -4.72. The van der Waals surface area contributed by atoms with Gasteiger partial charge in [0.15, 0.2) is 6.61 Å². The minimum absolute atomic E-state index is 0.306. The Labute approximate surface area is 154 Å². The summed E-state index contributed by atoms with van der Waals surface area (Å²) in [6, 6.07) is 3.05. The zero-order chi connectivity index (χ0) is 19.5. The molecule has 0 aliphatic heterocycles. The number of nitrogens with one attached hydrogen (secondary N) is 1. The van der Waals surface area contributed by atoms with Gasteiger partial charge in [-0.15, -0.1) is 0 Å². The first-order valence-electron chi connectivity index (χ1n) is 7.05. The molecule has 0 spiro atoms. The highest BCUT2D eigenvalue weighted by molar-refractivity contribution is 7.07. The number of benzene rings is 1. The Balaban J connectivity index is 2.00. The van der Waals surface area contributed by atoms with Crippen molar-refractivity contribution in [2.24, 2.45) is 0 Å². The smallest absolute Gasteiger partial charge is 0.418 e. The summed E-state index contributed by atoms with van der Waals surface area (Å²) in [6.45, 7) is 0.397. The van der Waals surface area contributed by atoms with E-state index in [0.29, 0.717) is 5.69 Å². The molecule has 140 valence electrons. The number of aromatic nitrogens is 1. The maximum absolute atomic E-state index is 13.0. The lowest BCUT2D eigenvalue weighted by atomic mass is 10.1. The lowest BCUT2D eigenvalue weighted by Crippen LogP contribution is -2.26. The summed E-state index contributed by atoms with van der Waals surface area (Å²) >= 11 is 6.62. The molecule has 0 saturated carbocycles. The van der Waals surface area contributed by atoms with Gasteiger partial charge in [-0.3, -0.25) is 19.0 Å². The number of esters is 1. The molecule has 2 rings (SSSR count). The van der Waals surface area contributed by atoms with Crippen LogP contribution in [-0.2, 0) is 27.0 Å². The highest BCUT2D eigenvalue weighted by Gasteiger charge is 2.34. The van der Waals surface area contributed by atoms with Crippen molar-refractivity contribution in [1.82, 2.24) is 4.57 Å². The molecule has 1 aromatic heterocycles. The fourth-order valence-electron chi connectivity index (χ4n) is 1.98. The number of aryl methyl sites for hydroxylation is 1. The van der Waals surface area contributed by atoms with Gasteiger partial charge in [-0.2, -0.15) is 13.2 Å². The highest BCUT2D eigenvalue weighted by atomic mass is 35.5. The number of alkyl halides is 3. The van der Waals surface area contributed by atoms with Crippen LogP contribution in [0.2, 0.25) is 5.02 Å². The quantitative estimate of drug-likeness (QED) is 0.771. The molecule has 0 bridgehead atoms. The summed E-state index contributed by atoms with van der Waals surface area (Å²) < 4.78 is 44.7. The summed E-state index contributed by atoms with van der Waals surface area (Å²) in [5.74, 6) is -1.87. The second-order valence-electron chi connectivity index (χ2n) is 5.10. The largest absolute Gasteiger partial charge is 0.454 e. The van der Waals surface area contributed by atoms with E-state index in [0.717, 1.165) is 28.0 Å². The van der Waals surface area contributed by atoms with Crippen molar-refractivity contribution in [3.05, 3.63) is 49.5 Å². The maximum atomic E-state index is 13.0. The van der Waals surface area contributed by atoms with Gasteiger partial charge in [-0.25, -0.2) is 0 Å². The van der Waals surface area contributed by atoms with Crippen molar-refractivity contribution in [3.8, 4) is 0 Å². The molecule has 1 aromatic carbocycles. The Morgan fingerprint density at radius 2 is 2.04 bits per heavy atom. The van der Waals surface area contributed by atoms with E-state index in [1.165, 1.54) is 6.07 Å². The molecule has 0 aliphatic carbocycles. The van der Waals surface area contributed by atoms with Gasteiger partial charge in [0.1, 0.15) is 6.54 Å². The number of carbonyl (C=O) groups excluding carboxylic acids is 2. The number of halogens is 4. The number of anilines is 1. The van der Waals surface area contributed by atoms with Crippen LogP contribution in [-0.4, -0.2) is 23.1 Å². The molecule has 0 unspecified atom stereocenters. The third kappa shape index (κ3) is 4.85. The van der Waals surface area contributed by atoms with Gasteiger partial charge >= 0.3 is 17.0 Å². The number of amides is 1. The van der Waals surface area contributed by atoms with Crippen LogP contribution in [0.25, 0.3) is 0 Å².